The van der Waals surface area contributed by atoms with Crippen LogP contribution in [-0.4, -0.2) is 74.2 Å². The number of benzene rings is 2. The number of rotatable bonds is 18. The first-order valence-electron chi connectivity index (χ1n) is 19.7. The fraction of sp³-hybridized carbons (Fsp3) is 0.651. The van der Waals surface area contributed by atoms with Crippen molar-refractivity contribution < 1.29 is 23.7 Å². The number of likely N-dealkylation sites (tertiary alicyclic amines) is 2. The molecule has 0 amide bonds. The number of piperidine rings is 2. The van der Waals surface area contributed by atoms with Crippen LogP contribution in [0.5, 0.6) is 23.0 Å². The van der Waals surface area contributed by atoms with Crippen molar-refractivity contribution >= 4 is 5.78 Å². The van der Waals surface area contributed by atoms with Crippen molar-refractivity contribution in [3.63, 3.8) is 0 Å². The molecule has 2 fully saturated rings. The first kappa shape index (κ1) is 38.2. The third-order valence-electron chi connectivity index (χ3n) is 11.0. The highest BCUT2D eigenvalue weighted by Gasteiger charge is 2.34. The molecule has 0 spiro atoms. The third kappa shape index (κ3) is 10.7. The zero-order valence-electron chi connectivity index (χ0n) is 31.8. The Morgan fingerprint density at radius 1 is 0.820 bits per heavy atom. The van der Waals surface area contributed by atoms with Crippen molar-refractivity contribution in [2.75, 3.05) is 46.5 Å². The Morgan fingerprint density at radius 3 is 2.02 bits per heavy atom. The maximum Gasteiger partial charge on any atom is 0.174 e. The number of fused-ring (bicyclic) bond motifs is 1. The van der Waals surface area contributed by atoms with E-state index in [2.05, 4.69) is 43.6 Å². The van der Waals surface area contributed by atoms with Crippen LogP contribution in [0.1, 0.15) is 139 Å². The van der Waals surface area contributed by atoms with E-state index in [0.717, 1.165) is 47.9 Å². The van der Waals surface area contributed by atoms with Gasteiger partial charge in [-0.2, -0.15) is 0 Å². The Balaban J connectivity index is 1.18. The van der Waals surface area contributed by atoms with Crippen molar-refractivity contribution in [3.8, 4) is 23.0 Å². The summed E-state index contributed by atoms with van der Waals surface area (Å²) in [5, 5.41) is 0. The van der Waals surface area contributed by atoms with E-state index in [1.807, 2.05) is 30.3 Å². The van der Waals surface area contributed by atoms with E-state index < -0.39 is 0 Å². The zero-order chi connectivity index (χ0) is 35.3. The van der Waals surface area contributed by atoms with Crippen LogP contribution in [0, 0.1) is 0 Å². The van der Waals surface area contributed by atoms with E-state index in [0.29, 0.717) is 42.7 Å². The largest absolute Gasteiger partial charge is 0.496 e. The summed E-state index contributed by atoms with van der Waals surface area (Å²) in [7, 11) is 1.62. The van der Waals surface area contributed by atoms with E-state index in [4.69, 9.17) is 18.9 Å². The molecule has 3 heterocycles. The first-order chi connectivity index (χ1) is 24.3. The Labute approximate surface area is 302 Å². The van der Waals surface area contributed by atoms with Crippen molar-refractivity contribution in [1.82, 2.24) is 9.80 Å². The van der Waals surface area contributed by atoms with Crippen molar-refractivity contribution in [1.29, 1.82) is 0 Å². The third-order valence-corrected chi connectivity index (χ3v) is 11.0. The SMILES string of the molecule is COc1cc(OCCCCCN2CCCCC2C)c(CC=C(C)C)c2c1C(=O)CC(c1ccc(OCCCCCN3CCCCC3C)cc1)O2. The second-order valence-electron chi connectivity index (χ2n) is 15.1. The van der Waals surface area contributed by atoms with Gasteiger partial charge in [0.05, 0.1) is 26.7 Å². The number of carbonyl (C=O) groups excluding carboxylic acids is 1. The molecular formula is C43H64N2O5. The van der Waals surface area contributed by atoms with Gasteiger partial charge in [0.25, 0.3) is 0 Å². The lowest BCUT2D eigenvalue weighted by Gasteiger charge is -2.33. The molecule has 2 saturated heterocycles. The number of allylic oxidation sites excluding steroid dienone is 2. The minimum atomic E-state index is -0.385. The lowest BCUT2D eigenvalue weighted by Crippen LogP contribution is -2.37. The number of Topliss-reactive ketones (excluding diaryl/α,β-unsaturated/α-hetero) is 1. The summed E-state index contributed by atoms with van der Waals surface area (Å²) >= 11 is 0. The van der Waals surface area contributed by atoms with Crippen molar-refractivity contribution in [3.05, 3.63) is 58.7 Å². The van der Waals surface area contributed by atoms with E-state index in [1.54, 1.807) is 7.11 Å². The minimum absolute atomic E-state index is 0.0318. The monoisotopic (exact) mass is 688 g/mol. The number of carbonyl (C=O) groups is 1. The molecule has 0 aliphatic carbocycles. The van der Waals surface area contributed by atoms with Gasteiger partial charge in [0, 0.05) is 23.7 Å². The predicted molar refractivity (Wildman–Crippen MR) is 203 cm³/mol. The van der Waals surface area contributed by atoms with Crippen molar-refractivity contribution in [2.45, 2.75) is 136 Å². The van der Waals surface area contributed by atoms with E-state index in [9.17, 15) is 4.79 Å². The molecule has 5 rings (SSSR count). The average Bonchev–Trinajstić information content (AvgIpc) is 3.11. The molecule has 0 aromatic heterocycles. The van der Waals surface area contributed by atoms with Crippen molar-refractivity contribution in [2.24, 2.45) is 0 Å². The predicted octanol–water partition coefficient (Wildman–Crippen LogP) is 9.76. The number of hydrogen-bond donors (Lipinski definition) is 0. The Hall–Kier alpha value is -3.03. The summed E-state index contributed by atoms with van der Waals surface area (Å²) in [5.74, 6) is 2.74. The van der Waals surface area contributed by atoms with E-state index in [-0.39, 0.29) is 18.3 Å². The molecule has 0 saturated carbocycles. The van der Waals surface area contributed by atoms with Gasteiger partial charge in [0.15, 0.2) is 5.78 Å². The second-order valence-corrected chi connectivity index (χ2v) is 15.1. The number of ether oxygens (including phenoxy) is 4. The lowest BCUT2D eigenvalue weighted by atomic mass is 9.92. The van der Waals surface area contributed by atoms with Crippen LogP contribution in [0.3, 0.4) is 0 Å². The van der Waals surface area contributed by atoms with Gasteiger partial charge in [-0.05, 0) is 142 Å². The second kappa shape index (κ2) is 19.5. The molecular weight excluding hydrogens is 624 g/mol. The minimum Gasteiger partial charge on any atom is -0.496 e. The van der Waals surface area contributed by atoms with Gasteiger partial charge in [-0.3, -0.25) is 4.79 Å². The first-order valence-corrected chi connectivity index (χ1v) is 19.7. The summed E-state index contributed by atoms with van der Waals surface area (Å²) in [6, 6.07) is 11.4. The Kier molecular flexibility index (Phi) is 14.9. The van der Waals surface area contributed by atoms with Crippen LogP contribution >= 0.6 is 0 Å². The molecule has 0 N–H and O–H groups in total. The fourth-order valence-corrected chi connectivity index (χ4v) is 7.79. The highest BCUT2D eigenvalue weighted by atomic mass is 16.5. The van der Waals surface area contributed by atoms with Gasteiger partial charge in [-0.1, -0.05) is 36.6 Å². The smallest absolute Gasteiger partial charge is 0.174 e. The molecule has 3 aliphatic rings. The normalized spacial score (nSPS) is 21.3. The van der Waals surface area contributed by atoms with Gasteiger partial charge in [0.1, 0.15) is 34.7 Å². The quantitative estimate of drug-likeness (QED) is 0.114. The molecule has 2 aromatic rings. The van der Waals surface area contributed by atoms with Crippen LogP contribution in [0.15, 0.2) is 42.0 Å². The Bertz CT molecular complexity index is 1380. The van der Waals surface area contributed by atoms with Gasteiger partial charge in [0.2, 0.25) is 0 Å². The molecule has 3 atom stereocenters. The highest BCUT2D eigenvalue weighted by molar-refractivity contribution is 6.03. The van der Waals surface area contributed by atoms with E-state index >= 15 is 0 Å². The fourth-order valence-electron chi connectivity index (χ4n) is 7.79. The van der Waals surface area contributed by atoms with Crippen LogP contribution < -0.4 is 18.9 Å². The average molecular weight is 689 g/mol. The summed E-state index contributed by atoms with van der Waals surface area (Å²) in [5.41, 5.74) is 3.61. The maximum absolute atomic E-state index is 13.7. The number of unbranched alkanes of at least 4 members (excludes halogenated alkanes) is 4. The van der Waals surface area contributed by atoms with Crippen LogP contribution in [0.4, 0.5) is 0 Å². The van der Waals surface area contributed by atoms with Crippen LogP contribution in [0.2, 0.25) is 0 Å². The summed E-state index contributed by atoms with van der Waals surface area (Å²) in [4.78, 5) is 19.0. The summed E-state index contributed by atoms with van der Waals surface area (Å²) in [6.07, 6.45) is 17.5. The highest BCUT2D eigenvalue weighted by Crippen LogP contribution is 2.46. The molecule has 3 unspecified atom stereocenters. The summed E-state index contributed by atoms with van der Waals surface area (Å²) < 4.78 is 25.0. The molecule has 3 aliphatic heterocycles. The molecule has 7 heteroatoms. The van der Waals surface area contributed by atoms with Gasteiger partial charge < -0.3 is 28.7 Å². The zero-order valence-corrected chi connectivity index (χ0v) is 31.8. The van der Waals surface area contributed by atoms with Gasteiger partial charge >= 0.3 is 0 Å². The number of nitrogens with zero attached hydrogens (tertiary/aromatic N) is 2. The molecule has 7 nitrogen and oxygen atoms in total. The summed E-state index contributed by atoms with van der Waals surface area (Å²) in [6.45, 7) is 15.1. The molecule has 276 valence electrons. The molecule has 0 radical (unpaired) electrons. The standard InChI is InChI=1S/C43H64N2O5/c1-32(2)18-23-37-40(49-29-15-7-11-25-45-27-13-9-17-34(45)4)31-41(47-5)42-38(46)30-39(50-43(37)42)35-19-21-36(22-20-35)48-28-14-6-10-24-44-26-12-8-16-33(44)3/h18-22,31,33-34,39H,6-17,23-30H2,1-5H3. The number of ketones is 1. The molecule has 50 heavy (non-hydrogen) atoms. The van der Waals surface area contributed by atoms with E-state index in [1.165, 1.54) is 89.5 Å². The van der Waals surface area contributed by atoms with Crippen LogP contribution in [0.25, 0.3) is 0 Å². The number of hydrogen-bond acceptors (Lipinski definition) is 7. The van der Waals surface area contributed by atoms with Gasteiger partial charge in [-0.15, -0.1) is 0 Å². The van der Waals surface area contributed by atoms with Crippen LogP contribution in [-0.2, 0) is 6.42 Å². The molecule has 0 bridgehead atoms. The number of methoxy groups -OCH3 is 1. The lowest BCUT2D eigenvalue weighted by molar-refractivity contribution is 0.0841. The maximum atomic E-state index is 13.7. The Morgan fingerprint density at radius 2 is 1.44 bits per heavy atom. The molecule has 2 aromatic carbocycles. The topological polar surface area (TPSA) is 60.5 Å². The van der Waals surface area contributed by atoms with Gasteiger partial charge in [-0.25, -0.2) is 0 Å².